The first-order valence-electron chi connectivity index (χ1n) is 10.1. The molecule has 0 spiro atoms. The fourth-order valence-electron chi connectivity index (χ4n) is 3.90. The van der Waals surface area contributed by atoms with Gasteiger partial charge in [-0.1, -0.05) is 35.9 Å². The summed E-state index contributed by atoms with van der Waals surface area (Å²) in [5.41, 5.74) is 2.88. The minimum atomic E-state index is -0.0126. The molecule has 0 aliphatic carbocycles. The van der Waals surface area contributed by atoms with Crippen LogP contribution in [0.5, 0.6) is 0 Å². The van der Waals surface area contributed by atoms with Gasteiger partial charge in [-0.2, -0.15) is 4.80 Å². The van der Waals surface area contributed by atoms with E-state index in [1.807, 2.05) is 64.9 Å². The minimum Gasteiger partial charge on any atom is -0.340 e. The molecule has 5 rings (SSSR count). The molecule has 1 aromatic carbocycles. The number of carbonyl (C=O) groups excluding carboxylic acids is 1. The molecule has 1 aliphatic heterocycles. The van der Waals surface area contributed by atoms with Gasteiger partial charge < -0.3 is 4.90 Å². The molecular formula is C21H22N8O. The standard InChI is InChI=1S/C21H22N8O/c1-15-7-9-16(10-8-15)20-23-26-29(25-20)14-19(30)27-11-4-5-17(13-27)21-24-22-18-6-2-3-12-28(18)21/h2-3,6-10,12,17H,4-5,11,13-14H2,1H3/t17-/m0/s1. The maximum atomic E-state index is 12.9. The molecule has 30 heavy (non-hydrogen) atoms. The van der Waals surface area contributed by atoms with E-state index in [-0.39, 0.29) is 18.4 Å². The summed E-state index contributed by atoms with van der Waals surface area (Å²) in [6, 6.07) is 13.8. The molecule has 0 N–H and O–H groups in total. The molecule has 0 radical (unpaired) electrons. The number of nitrogens with zero attached hydrogens (tertiary/aromatic N) is 8. The Morgan fingerprint density at radius 1 is 1.10 bits per heavy atom. The molecule has 152 valence electrons. The van der Waals surface area contributed by atoms with Crippen molar-refractivity contribution in [2.24, 2.45) is 0 Å². The lowest BCUT2D eigenvalue weighted by Crippen LogP contribution is -2.41. The van der Waals surface area contributed by atoms with Crippen LogP contribution in [0.3, 0.4) is 0 Å². The van der Waals surface area contributed by atoms with E-state index < -0.39 is 0 Å². The number of likely N-dealkylation sites (tertiary alicyclic amines) is 1. The fraction of sp³-hybridized carbons (Fsp3) is 0.333. The number of aromatic nitrogens is 7. The lowest BCUT2D eigenvalue weighted by molar-refractivity contribution is -0.133. The molecule has 1 amide bonds. The van der Waals surface area contributed by atoms with Gasteiger partial charge in [-0.3, -0.25) is 9.20 Å². The molecular weight excluding hydrogens is 380 g/mol. The highest BCUT2D eigenvalue weighted by atomic mass is 16.2. The number of hydrogen-bond acceptors (Lipinski definition) is 6. The number of rotatable bonds is 4. The van der Waals surface area contributed by atoms with Crippen LogP contribution in [0.25, 0.3) is 17.0 Å². The van der Waals surface area contributed by atoms with Gasteiger partial charge in [0.05, 0.1) is 0 Å². The number of aryl methyl sites for hydroxylation is 1. The van der Waals surface area contributed by atoms with Crippen LogP contribution in [0.4, 0.5) is 0 Å². The first-order valence-corrected chi connectivity index (χ1v) is 10.1. The summed E-state index contributed by atoms with van der Waals surface area (Å²) >= 11 is 0. The van der Waals surface area contributed by atoms with Crippen LogP contribution < -0.4 is 0 Å². The smallest absolute Gasteiger partial charge is 0.246 e. The lowest BCUT2D eigenvalue weighted by Gasteiger charge is -2.31. The number of hydrogen-bond donors (Lipinski definition) is 0. The molecule has 1 fully saturated rings. The number of tetrazole rings is 1. The van der Waals surface area contributed by atoms with Gasteiger partial charge in [0, 0.05) is 30.8 Å². The van der Waals surface area contributed by atoms with Gasteiger partial charge in [0.25, 0.3) is 0 Å². The van der Waals surface area contributed by atoms with Gasteiger partial charge in [-0.15, -0.1) is 20.4 Å². The van der Waals surface area contributed by atoms with E-state index >= 15 is 0 Å². The van der Waals surface area contributed by atoms with Crippen LogP contribution in [0.1, 0.15) is 30.1 Å². The van der Waals surface area contributed by atoms with Crippen molar-refractivity contribution < 1.29 is 4.79 Å². The van der Waals surface area contributed by atoms with Crippen LogP contribution in [-0.4, -0.2) is 58.7 Å². The van der Waals surface area contributed by atoms with Crippen LogP contribution in [0.15, 0.2) is 48.7 Å². The lowest BCUT2D eigenvalue weighted by atomic mass is 9.97. The Kier molecular flexibility index (Phi) is 4.70. The molecule has 1 atom stereocenters. The molecule has 0 bridgehead atoms. The quantitative estimate of drug-likeness (QED) is 0.519. The molecule has 1 aliphatic rings. The van der Waals surface area contributed by atoms with Crippen molar-refractivity contribution in [3.05, 3.63) is 60.0 Å². The van der Waals surface area contributed by atoms with E-state index in [1.54, 1.807) is 0 Å². The molecule has 0 unspecified atom stereocenters. The second-order valence-corrected chi connectivity index (χ2v) is 7.68. The number of amides is 1. The molecule has 1 saturated heterocycles. The second-order valence-electron chi connectivity index (χ2n) is 7.68. The van der Waals surface area contributed by atoms with Crippen LogP contribution >= 0.6 is 0 Å². The van der Waals surface area contributed by atoms with E-state index in [0.717, 1.165) is 36.4 Å². The first-order chi connectivity index (χ1) is 14.7. The number of carbonyl (C=O) groups is 1. The Bertz CT molecular complexity index is 1180. The zero-order valence-corrected chi connectivity index (χ0v) is 16.7. The number of piperidine rings is 1. The maximum Gasteiger partial charge on any atom is 0.246 e. The normalized spacial score (nSPS) is 16.8. The highest BCUT2D eigenvalue weighted by molar-refractivity contribution is 5.76. The molecule has 9 heteroatoms. The molecule has 4 aromatic rings. The van der Waals surface area contributed by atoms with Crippen LogP contribution in [0.2, 0.25) is 0 Å². The Hall–Kier alpha value is -3.62. The summed E-state index contributed by atoms with van der Waals surface area (Å²) in [4.78, 5) is 16.1. The predicted octanol–water partition coefficient (Wildman–Crippen LogP) is 2.10. The van der Waals surface area contributed by atoms with E-state index in [2.05, 4.69) is 25.6 Å². The van der Waals surface area contributed by atoms with Gasteiger partial charge in [0.1, 0.15) is 12.4 Å². The second kappa shape index (κ2) is 7.66. The van der Waals surface area contributed by atoms with Gasteiger partial charge in [0.15, 0.2) is 5.65 Å². The third-order valence-corrected chi connectivity index (χ3v) is 5.52. The van der Waals surface area contributed by atoms with Crippen molar-refractivity contribution in [1.82, 2.24) is 39.7 Å². The van der Waals surface area contributed by atoms with Gasteiger partial charge in [-0.25, -0.2) is 0 Å². The van der Waals surface area contributed by atoms with Crippen molar-refractivity contribution in [1.29, 1.82) is 0 Å². The summed E-state index contributed by atoms with van der Waals surface area (Å²) in [7, 11) is 0. The maximum absolute atomic E-state index is 12.9. The topological polar surface area (TPSA) is 94.1 Å². The van der Waals surface area contributed by atoms with E-state index in [4.69, 9.17) is 0 Å². The summed E-state index contributed by atoms with van der Waals surface area (Å²) in [5.74, 6) is 1.58. The molecule has 9 nitrogen and oxygen atoms in total. The zero-order valence-electron chi connectivity index (χ0n) is 16.7. The van der Waals surface area contributed by atoms with Crippen LogP contribution in [-0.2, 0) is 11.3 Å². The van der Waals surface area contributed by atoms with E-state index in [1.165, 1.54) is 10.4 Å². The molecule has 0 saturated carbocycles. The summed E-state index contributed by atoms with van der Waals surface area (Å²) in [6.07, 6.45) is 3.88. The molecule has 3 aromatic heterocycles. The Balaban J connectivity index is 1.28. The number of pyridine rings is 1. The fourth-order valence-corrected chi connectivity index (χ4v) is 3.90. The summed E-state index contributed by atoms with van der Waals surface area (Å²) in [6.45, 7) is 3.45. The van der Waals surface area contributed by atoms with Crippen molar-refractivity contribution in [2.45, 2.75) is 32.2 Å². The Labute approximate surface area is 173 Å². The first kappa shape index (κ1) is 18.4. The predicted molar refractivity (Wildman–Crippen MR) is 110 cm³/mol. The van der Waals surface area contributed by atoms with Crippen molar-refractivity contribution in [3.8, 4) is 11.4 Å². The van der Waals surface area contributed by atoms with E-state index in [0.29, 0.717) is 12.4 Å². The third kappa shape index (κ3) is 3.54. The highest BCUT2D eigenvalue weighted by Crippen LogP contribution is 2.26. The summed E-state index contributed by atoms with van der Waals surface area (Å²) < 4.78 is 2.01. The number of benzene rings is 1. The SMILES string of the molecule is Cc1ccc(-c2nnn(CC(=O)N3CCC[C@H](c4nnc5ccccn45)C3)n2)cc1. The Morgan fingerprint density at radius 3 is 2.83 bits per heavy atom. The van der Waals surface area contributed by atoms with Gasteiger partial charge >= 0.3 is 0 Å². The van der Waals surface area contributed by atoms with Crippen molar-refractivity contribution >= 4 is 11.6 Å². The third-order valence-electron chi connectivity index (χ3n) is 5.52. The minimum absolute atomic E-state index is 0.0126. The van der Waals surface area contributed by atoms with Crippen molar-refractivity contribution in [3.63, 3.8) is 0 Å². The highest BCUT2D eigenvalue weighted by Gasteiger charge is 2.28. The van der Waals surface area contributed by atoms with E-state index in [9.17, 15) is 4.79 Å². The summed E-state index contributed by atoms with van der Waals surface area (Å²) in [5, 5.41) is 21.2. The van der Waals surface area contributed by atoms with Crippen molar-refractivity contribution in [2.75, 3.05) is 13.1 Å². The average molecular weight is 402 g/mol. The van der Waals surface area contributed by atoms with Gasteiger partial charge in [0.2, 0.25) is 11.7 Å². The Morgan fingerprint density at radius 2 is 1.97 bits per heavy atom. The zero-order chi connectivity index (χ0) is 20.5. The monoisotopic (exact) mass is 402 g/mol. The average Bonchev–Trinajstić information content (AvgIpc) is 3.41. The number of fused-ring (bicyclic) bond motifs is 1. The largest absolute Gasteiger partial charge is 0.340 e. The molecule has 4 heterocycles. The van der Waals surface area contributed by atoms with Gasteiger partial charge in [-0.05, 0) is 37.1 Å². The van der Waals surface area contributed by atoms with Crippen LogP contribution in [0, 0.1) is 6.92 Å².